The van der Waals surface area contributed by atoms with E-state index >= 15 is 0 Å². The number of rotatable bonds is 21. The highest BCUT2D eigenvalue weighted by atomic mass is 28.4. The third-order valence-corrected chi connectivity index (χ3v) is 20.9. The lowest BCUT2D eigenvalue weighted by Crippen LogP contribution is -2.45. The van der Waals surface area contributed by atoms with E-state index in [0.29, 0.717) is 66.8 Å². The first-order chi connectivity index (χ1) is 38.1. The minimum Gasteiger partial charge on any atom is -0.493 e. The molecule has 0 N–H and O–H groups in total. The van der Waals surface area contributed by atoms with Crippen LogP contribution in [0.15, 0.2) is 68.5 Å². The summed E-state index contributed by atoms with van der Waals surface area (Å²) >= 11 is 0. The Morgan fingerprint density at radius 2 is 1.49 bits per heavy atom. The maximum atomic E-state index is 14.6. The molecule has 0 saturated carbocycles. The number of methoxy groups -OCH3 is 6. The van der Waals surface area contributed by atoms with Gasteiger partial charge in [-0.2, -0.15) is 0 Å². The van der Waals surface area contributed by atoms with Crippen LogP contribution in [-0.2, 0) is 58.5 Å². The quantitative estimate of drug-likeness (QED) is 0.0328. The molecule has 80 heavy (non-hydrogen) atoms. The van der Waals surface area contributed by atoms with Gasteiger partial charge in [-0.1, -0.05) is 73.6 Å². The maximum Gasteiger partial charge on any atom is 0.308 e. The van der Waals surface area contributed by atoms with Crippen molar-refractivity contribution in [1.82, 2.24) is 15.0 Å². The second-order valence-electron chi connectivity index (χ2n) is 22.9. The second-order valence-corrected chi connectivity index (χ2v) is 27.7. The summed E-state index contributed by atoms with van der Waals surface area (Å²) in [5, 5.41) is -0.168. The highest BCUT2D eigenvalue weighted by Crippen LogP contribution is 2.40. The van der Waals surface area contributed by atoms with Crippen LogP contribution in [0.1, 0.15) is 124 Å². The lowest BCUT2D eigenvalue weighted by molar-refractivity contribution is -0.163. The van der Waals surface area contributed by atoms with Crippen LogP contribution in [0, 0.1) is 29.6 Å². The molecule has 1 saturated heterocycles. The summed E-state index contributed by atoms with van der Waals surface area (Å²) in [5.41, 5.74) is 2.02. The second kappa shape index (κ2) is 29.8. The molecule has 2 aliphatic heterocycles. The summed E-state index contributed by atoms with van der Waals surface area (Å²) in [6, 6.07) is 5.68. The van der Waals surface area contributed by atoms with Crippen LogP contribution in [0.25, 0.3) is 29.2 Å². The molecule has 0 spiro atoms. The van der Waals surface area contributed by atoms with Crippen LogP contribution in [0.3, 0.4) is 0 Å². The van der Waals surface area contributed by atoms with E-state index in [2.05, 4.69) is 69.6 Å². The van der Waals surface area contributed by atoms with E-state index < -0.39 is 44.6 Å². The number of cyclic esters (lactones) is 1. The number of oxazole rings is 3. The standard InChI is InChI=1S/C60H89N3O16Si/c1-36(23-25-48(40(5)56-37(2)27-55(70-13)78-56)76-35-72-31-41-24-26-49(67-10)52(28-41)69-12)50(68-11)30-51-39(4)47(66-9)21-18-22-53-61-44(33-73-53)58-63-45(34-75-58)59-62-43(32-74-59)57(71-14)38(3)46(64)20-17-19-42(29-54(65)77-51)79-80(15,16)60(6,7)8/h17-18,20,22,24,26,28,32-34,36-40,42,47-48,50-51,55-57H,19,21,23,25,27,29-31,35H2,1-16H3/b20-17+,22-18+/t36-,37+,38-,39+,40-,42-,47-,48+,50-,51+,55-,56+,57?/m0/s1. The van der Waals surface area contributed by atoms with E-state index in [1.54, 1.807) is 54.6 Å². The van der Waals surface area contributed by atoms with Gasteiger partial charge in [0.15, 0.2) is 43.3 Å². The molecule has 6 bridgehead atoms. The average Bonchev–Trinajstić information content (AvgIpc) is 4.28. The highest BCUT2D eigenvalue weighted by molar-refractivity contribution is 6.74. The summed E-state index contributed by atoms with van der Waals surface area (Å²) in [6.45, 7) is 21.4. The van der Waals surface area contributed by atoms with Gasteiger partial charge in [0.25, 0.3) is 0 Å². The van der Waals surface area contributed by atoms with E-state index in [1.807, 2.05) is 31.2 Å². The van der Waals surface area contributed by atoms with Gasteiger partial charge in [0.05, 0.1) is 63.7 Å². The zero-order valence-electron chi connectivity index (χ0n) is 50.0. The van der Waals surface area contributed by atoms with Crippen molar-refractivity contribution in [2.24, 2.45) is 29.6 Å². The number of hydrogen-bond donors (Lipinski definition) is 0. The molecule has 0 aliphatic carbocycles. The molecule has 4 aromatic rings. The highest BCUT2D eigenvalue weighted by Gasteiger charge is 2.42. The van der Waals surface area contributed by atoms with E-state index in [4.69, 9.17) is 65.0 Å². The molecular weight excluding hydrogens is 1050 g/mol. The van der Waals surface area contributed by atoms with E-state index in [-0.39, 0.29) is 90.5 Å². The number of esters is 1. The van der Waals surface area contributed by atoms with Crippen LogP contribution in [0.4, 0.5) is 0 Å². The van der Waals surface area contributed by atoms with Gasteiger partial charge in [-0.05, 0) is 85.5 Å². The van der Waals surface area contributed by atoms with Gasteiger partial charge in [-0.25, -0.2) is 15.0 Å². The van der Waals surface area contributed by atoms with Gasteiger partial charge in [-0.3, -0.25) is 9.59 Å². The molecule has 1 unspecified atom stereocenters. The summed E-state index contributed by atoms with van der Waals surface area (Å²) in [4.78, 5) is 42.2. The van der Waals surface area contributed by atoms with Gasteiger partial charge in [0, 0.05) is 53.1 Å². The number of nitrogens with zero attached hydrogens (tertiary/aromatic N) is 3. The minimum absolute atomic E-state index is 0.00158. The number of ketones is 1. The Bertz CT molecular complexity index is 2600. The maximum absolute atomic E-state index is 14.6. The molecule has 6 rings (SSSR count). The zero-order valence-corrected chi connectivity index (χ0v) is 51.0. The smallest absolute Gasteiger partial charge is 0.308 e. The topological polar surface area (TPSA) is 214 Å². The monoisotopic (exact) mass is 1140 g/mol. The molecule has 20 heteroatoms. The molecule has 2 aliphatic rings. The number of fused-ring (bicyclic) bond motifs is 8. The largest absolute Gasteiger partial charge is 0.493 e. The molecule has 1 fully saturated rings. The summed E-state index contributed by atoms with van der Waals surface area (Å²) in [7, 11) is 7.30. The van der Waals surface area contributed by atoms with E-state index in [0.717, 1.165) is 12.0 Å². The van der Waals surface area contributed by atoms with Crippen LogP contribution in [-0.4, -0.2) is 127 Å². The van der Waals surface area contributed by atoms with Crippen molar-refractivity contribution >= 4 is 26.1 Å². The number of carbonyl (C=O) groups excluding carboxylic acids is 2. The zero-order chi connectivity index (χ0) is 58.3. The van der Waals surface area contributed by atoms with Crippen LogP contribution in [0.2, 0.25) is 18.1 Å². The van der Waals surface area contributed by atoms with Crippen LogP contribution < -0.4 is 9.47 Å². The number of carbonyl (C=O) groups is 2. The first-order valence-electron chi connectivity index (χ1n) is 27.9. The Hall–Kier alpha value is -5.03. The fourth-order valence-corrected chi connectivity index (χ4v) is 11.7. The van der Waals surface area contributed by atoms with Gasteiger partial charge in [-0.15, -0.1) is 0 Å². The molecule has 0 radical (unpaired) electrons. The predicted molar refractivity (Wildman–Crippen MR) is 302 cm³/mol. The first kappa shape index (κ1) is 64.1. The SMILES string of the molecule is COc1ccc(COCO[C@H](CC[C@H](C)[C@H](C[C@H]2OC(=O)C[C@@H](O[Si](C)(C)C(C)(C)C)C/C=C/C(=O)[C@H](C)C(OC)c3coc(n3)-c3coc(n3)-c3coc(n3)/C=C/C[C@H](OC)[C@H]2C)OC)[C@H](C)[C@@H]2O[C@H](OC)C[C@H]2C)cc1OC. The number of benzene rings is 1. The van der Waals surface area contributed by atoms with Crippen LogP contribution >= 0.6 is 0 Å². The summed E-state index contributed by atoms with van der Waals surface area (Å²) in [6.07, 6.45) is 11.1. The van der Waals surface area contributed by atoms with Gasteiger partial charge >= 0.3 is 5.97 Å². The molecule has 3 aromatic heterocycles. The predicted octanol–water partition coefficient (Wildman–Crippen LogP) is 12.0. The fourth-order valence-electron chi connectivity index (χ4n) is 10.3. The Kier molecular flexibility index (Phi) is 23.9. The average molecular weight is 1140 g/mol. The van der Waals surface area contributed by atoms with Crippen molar-refractivity contribution in [2.45, 2.75) is 174 Å². The first-order valence-corrected chi connectivity index (χ1v) is 30.8. The van der Waals surface area contributed by atoms with Crippen molar-refractivity contribution < 1.29 is 74.6 Å². The van der Waals surface area contributed by atoms with Gasteiger partial charge in [0.1, 0.15) is 43.5 Å². The fraction of sp³-hybridized carbons (Fsp3) is 0.650. The van der Waals surface area contributed by atoms with Crippen LogP contribution in [0.5, 0.6) is 11.5 Å². The van der Waals surface area contributed by atoms with Gasteiger partial charge < -0.3 is 65.0 Å². The number of allylic oxidation sites excluding steroid dienone is 1. The molecule has 444 valence electrons. The van der Waals surface area contributed by atoms with E-state index in [1.165, 1.54) is 32.0 Å². The normalized spacial score (nSPS) is 26.1. The third-order valence-electron chi connectivity index (χ3n) is 16.4. The molecule has 5 heterocycles. The molecule has 1 aromatic carbocycles. The number of hydrogen-bond acceptors (Lipinski definition) is 19. The van der Waals surface area contributed by atoms with Crippen molar-refractivity contribution in [3.8, 4) is 34.7 Å². The molecular formula is C60H89N3O16Si. The molecule has 13 atom stereocenters. The third kappa shape index (κ3) is 17.0. The van der Waals surface area contributed by atoms with Gasteiger partial charge in [0.2, 0.25) is 17.7 Å². The van der Waals surface area contributed by atoms with E-state index in [9.17, 15) is 9.59 Å². The Labute approximate surface area is 474 Å². The van der Waals surface area contributed by atoms with Crippen molar-refractivity contribution in [3.63, 3.8) is 0 Å². The van der Waals surface area contributed by atoms with Crippen molar-refractivity contribution in [3.05, 3.63) is 72.4 Å². The lowest BCUT2D eigenvalue weighted by Gasteiger charge is -2.39. The Morgan fingerprint density at radius 3 is 2.16 bits per heavy atom. The lowest BCUT2D eigenvalue weighted by atomic mass is 9.84. The van der Waals surface area contributed by atoms with Crippen molar-refractivity contribution in [2.75, 3.05) is 49.5 Å². The Balaban J connectivity index is 1.25. The molecule has 0 amide bonds. The number of aromatic nitrogens is 3. The number of ether oxygens (including phenoxy) is 10. The summed E-state index contributed by atoms with van der Waals surface area (Å²) in [5.74, 6) is 0.585. The summed E-state index contributed by atoms with van der Waals surface area (Å²) < 4.78 is 84.9. The molecule has 19 nitrogen and oxygen atoms in total. The van der Waals surface area contributed by atoms with Crippen molar-refractivity contribution in [1.29, 1.82) is 0 Å². The Morgan fingerprint density at radius 1 is 0.787 bits per heavy atom. The minimum atomic E-state index is -2.45.